The van der Waals surface area contributed by atoms with Gasteiger partial charge in [-0.25, -0.2) is 0 Å². The molecule has 1 aliphatic rings. The van der Waals surface area contributed by atoms with Gasteiger partial charge in [0.05, 0.1) is 17.2 Å². The molecule has 1 heterocycles. The summed E-state index contributed by atoms with van der Waals surface area (Å²) in [6.07, 6.45) is 0.540. The van der Waals surface area contributed by atoms with E-state index < -0.39 is 0 Å². The maximum Gasteiger partial charge on any atom is 0.134 e. The normalized spacial score (nSPS) is 26.1. The molecule has 0 saturated carbocycles. The quantitative estimate of drug-likeness (QED) is 0.882. The second-order valence-corrected chi connectivity index (χ2v) is 5.14. The van der Waals surface area contributed by atoms with E-state index in [1.54, 1.807) is 6.07 Å². The Morgan fingerprint density at radius 3 is 2.59 bits per heavy atom. The molecule has 1 N–H and O–H groups in total. The van der Waals surface area contributed by atoms with Crippen LogP contribution in [-0.2, 0) is 11.3 Å². The molecular weight excluding hydrogens is 238 g/mol. The first kappa shape index (κ1) is 12.7. The van der Waals surface area contributed by atoms with Crippen molar-refractivity contribution >= 4 is 11.6 Å². The van der Waals surface area contributed by atoms with Gasteiger partial charge in [0.15, 0.2) is 0 Å². The van der Waals surface area contributed by atoms with Crippen LogP contribution >= 0.6 is 11.6 Å². The van der Waals surface area contributed by atoms with Crippen LogP contribution in [0.4, 0.5) is 0 Å². The number of phenolic OH excluding ortho intramolecular Hbond substituents is 1. The topological polar surface area (TPSA) is 32.7 Å². The van der Waals surface area contributed by atoms with Gasteiger partial charge in [0.2, 0.25) is 0 Å². The summed E-state index contributed by atoms with van der Waals surface area (Å²) >= 11 is 5.90. The molecule has 2 atom stereocenters. The molecule has 0 spiro atoms. The van der Waals surface area contributed by atoms with E-state index in [1.807, 2.05) is 12.1 Å². The van der Waals surface area contributed by atoms with Gasteiger partial charge < -0.3 is 9.84 Å². The minimum Gasteiger partial charge on any atom is -0.506 e. The predicted octanol–water partition coefficient (Wildman–Crippen LogP) is 2.65. The highest BCUT2D eigenvalue weighted by molar-refractivity contribution is 6.32. The first-order chi connectivity index (χ1) is 8.04. The van der Waals surface area contributed by atoms with Gasteiger partial charge in [-0.15, -0.1) is 0 Å². The summed E-state index contributed by atoms with van der Waals surface area (Å²) in [7, 11) is 0. The molecule has 2 unspecified atom stereocenters. The van der Waals surface area contributed by atoms with Crippen LogP contribution in [0.25, 0.3) is 0 Å². The molecule has 1 fully saturated rings. The van der Waals surface area contributed by atoms with Crippen molar-refractivity contribution < 1.29 is 9.84 Å². The van der Waals surface area contributed by atoms with E-state index in [0.29, 0.717) is 5.02 Å². The lowest BCUT2D eigenvalue weighted by atomic mass is 10.1. The highest BCUT2D eigenvalue weighted by Gasteiger charge is 2.22. The van der Waals surface area contributed by atoms with Gasteiger partial charge in [0.25, 0.3) is 0 Å². The number of ether oxygens (including phenoxy) is 1. The molecular formula is C13H18ClNO2. The van der Waals surface area contributed by atoms with Crippen LogP contribution in [0.1, 0.15) is 19.4 Å². The van der Waals surface area contributed by atoms with Crippen molar-refractivity contribution in [3.05, 3.63) is 28.8 Å². The van der Waals surface area contributed by atoms with Gasteiger partial charge in [-0.1, -0.05) is 17.7 Å². The van der Waals surface area contributed by atoms with Crippen LogP contribution in [0.15, 0.2) is 18.2 Å². The summed E-state index contributed by atoms with van der Waals surface area (Å²) in [6.45, 7) is 6.89. The molecule has 0 amide bonds. The Balaban J connectivity index is 2.02. The Bertz CT molecular complexity index is 387. The molecule has 1 aliphatic heterocycles. The van der Waals surface area contributed by atoms with Crippen LogP contribution in [0.3, 0.4) is 0 Å². The fourth-order valence-electron chi connectivity index (χ4n) is 2.32. The number of halogens is 1. The van der Waals surface area contributed by atoms with Crippen molar-refractivity contribution in [1.29, 1.82) is 0 Å². The summed E-state index contributed by atoms with van der Waals surface area (Å²) in [5, 5.41) is 9.78. The maximum absolute atomic E-state index is 9.37. The highest BCUT2D eigenvalue weighted by atomic mass is 35.5. The number of phenols is 1. The van der Waals surface area contributed by atoms with Gasteiger partial charge in [-0.05, 0) is 31.5 Å². The van der Waals surface area contributed by atoms with E-state index >= 15 is 0 Å². The number of hydrogen-bond acceptors (Lipinski definition) is 3. The largest absolute Gasteiger partial charge is 0.506 e. The molecule has 4 heteroatoms. The number of nitrogens with zero attached hydrogens (tertiary/aromatic N) is 1. The zero-order chi connectivity index (χ0) is 12.4. The summed E-state index contributed by atoms with van der Waals surface area (Å²) in [4.78, 5) is 2.35. The molecule has 0 aliphatic carbocycles. The number of hydrogen-bond donors (Lipinski definition) is 1. The zero-order valence-corrected chi connectivity index (χ0v) is 10.9. The van der Waals surface area contributed by atoms with E-state index in [1.165, 1.54) is 0 Å². The Morgan fingerprint density at radius 2 is 2.00 bits per heavy atom. The third-order valence-corrected chi connectivity index (χ3v) is 3.22. The molecule has 1 aromatic rings. The molecule has 0 radical (unpaired) electrons. The third-order valence-electron chi connectivity index (χ3n) is 2.91. The second kappa shape index (κ2) is 5.25. The van der Waals surface area contributed by atoms with E-state index in [-0.39, 0.29) is 18.0 Å². The first-order valence-electron chi connectivity index (χ1n) is 5.90. The average molecular weight is 256 g/mol. The summed E-state index contributed by atoms with van der Waals surface area (Å²) in [5.41, 5.74) is 1.12. The Hall–Kier alpha value is -0.770. The standard InChI is InChI=1S/C13H18ClNO2/c1-9-6-15(7-10(2)17-9)8-11-3-4-13(16)12(14)5-11/h3-5,9-10,16H,6-8H2,1-2H3. The fraction of sp³-hybridized carbons (Fsp3) is 0.538. The molecule has 94 valence electrons. The first-order valence-corrected chi connectivity index (χ1v) is 6.27. The van der Waals surface area contributed by atoms with E-state index in [2.05, 4.69) is 18.7 Å². The van der Waals surface area contributed by atoms with E-state index in [0.717, 1.165) is 25.2 Å². The molecule has 17 heavy (non-hydrogen) atoms. The molecule has 1 aromatic carbocycles. The monoisotopic (exact) mass is 255 g/mol. The summed E-state index contributed by atoms with van der Waals surface area (Å²) < 4.78 is 5.69. The third kappa shape index (κ3) is 3.35. The van der Waals surface area contributed by atoms with Crippen LogP contribution in [0, 0.1) is 0 Å². The van der Waals surface area contributed by atoms with Crippen LogP contribution < -0.4 is 0 Å². The van der Waals surface area contributed by atoms with Crippen molar-refractivity contribution in [2.24, 2.45) is 0 Å². The van der Waals surface area contributed by atoms with Crippen molar-refractivity contribution in [3.8, 4) is 5.75 Å². The van der Waals surface area contributed by atoms with E-state index in [9.17, 15) is 5.11 Å². The molecule has 1 saturated heterocycles. The summed E-state index contributed by atoms with van der Waals surface area (Å²) in [5.74, 6) is 0.138. The number of rotatable bonds is 2. The Kier molecular flexibility index (Phi) is 3.92. The minimum atomic E-state index is 0.138. The van der Waals surface area contributed by atoms with Crippen molar-refractivity contribution in [3.63, 3.8) is 0 Å². The van der Waals surface area contributed by atoms with Crippen molar-refractivity contribution in [2.75, 3.05) is 13.1 Å². The van der Waals surface area contributed by atoms with Crippen LogP contribution in [0.5, 0.6) is 5.75 Å². The van der Waals surface area contributed by atoms with E-state index in [4.69, 9.17) is 16.3 Å². The second-order valence-electron chi connectivity index (χ2n) is 4.74. The number of morpholine rings is 1. The molecule has 2 rings (SSSR count). The van der Waals surface area contributed by atoms with Gasteiger partial charge in [-0.2, -0.15) is 0 Å². The fourth-order valence-corrected chi connectivity index (χ4v) is 2.52. The van der Waals surface area contributed by atoms with Gasteiger partial charge >= 0.3 is 0 Å². The Labute approximate surface area is 107 Å². The zero-order valence-electron chi connectivity index (χ0n) is 10.2. The highest BCUT2D eigenvalue weighted by Crippen LogP contribution is 2.24. The molecule has 0 aromatic heterocycles. The van der Waals surface area contributed by atoms with Crippen molar-refractivity contribution in [2.45, 2.75) is 32.6 Å². The SMILES string of the molecule is CC1CN(Cc2ccc(O)c(Cl)c2)CC(C)O1. The summed E-state index contributed by atoms with van der Waals surface area (Å²) in [6, 6.07) is 5.37. The van der Waals surface area contributed by atoms with Gasteiger partial charge in [-0.3, -0.25) is 4.90 Å². The van der Waals surface area contributed by atoms with Crippen LogP contribution in [0.2, 0.25) is 5.02 Å². The maximum atomic E-state index is 9.37. The lowest BCUT2D eigenvalue weighted by molar-refractivity contribution is -0.0704. The molecule has 3 nitrogen and oxygen atoms in total. The van der Waals surface area contributed by atoms with Gasteiger partial charge in [0, 0.05) is 19.6 Å². The predicted molar refractivity (Wildman–Crippen MR) is 68.4 cm³/mol. The minimum absolute atomic E-state index is 0.138. The Morgan fingerprint density at radius 1 is 1.35 bits per heavy atom. The van der Waals surface area contributed by atoms with Crippen molar-refractivity contribution in [1.82, 2.24) is 4.90 Å². The molecule has 0 bridgehead atoms. The smallest absolute Gasteiger partial charge is 0.134 e. The number of benzene rings is 1. The average Bonchev–Trinajstić information content (AvgIpc) is 2.22. The lowest BCUT2D eigenvalue weighted by Gasteiger charge is -2.35. The number of aromatic hydroxyl groups is 1. The lowest BCUT2D eigenvalue weighted by Crippen LogP contribution is -2.44. The van der Waals surface area contributed by atoms with Gasteiger partial charge in [0.1, 0.15) is 5.75 Å². The van der Waals surface area contributed by atoms with Crippen LogP contribution in [-0.4, -0.2) is 35.3 Å².